The van der Waals surface area contributed by atoms with E-state index in [1.54, 1.807) is 17.2 Å². The number of aliphatic hydroxyl groups is 4. The van der Waals surface area contributed by atoms with Gasteiger partial charge in [0.1, 0.15) is 17.9 Å². The minimum absolute atomic E-state index is 0.0110. The molecule has 0 aliphatic carbocycles. The van der Waals surface area contributed by atoms with Gasteiger partial charge in [-0.25, -0.2) is 0 Å². The Bertz CT molecular complexity index is 1110. The summed E-state index contributed by atoms with van der Waals surface area (Å²) in [6.45, 7) is 0.560. The molecule has 0 bridgehead atoms. The van der Waals surface area contributed by atoms with E-state index in [9.17, 15) is 30.5 Å². The molecule has 4 atom stereocenters. The van der Waals surface area contributed by atoms with Crippen LogP contribution in [0, 0.1) is 10.1 Å². The SMILES string of the molecule is O=[N+]([O-])c1cc(-c2ccc[nH]2)ccc1NCc1ccc(CN2C[C@H](O)[C@@H](O)[C@H](O)[C@H]2CO)cc1. The van der Waals surface area contributed by atoms with Crippen LogP contribution in [0.5, 0.6) is 0 Å². The quantitative estimate of drug-likeness (QED) is 0.214. The lowest BCUT2D eigenvalue weighted by molar-refractivity contribution is -0.383. The standard InChI is InChI=1S/C24H28N4O6/c29-14-21-23(31)24(32)22(30)13-27(21)12-16-5-3-15(4-6-16)11-26-19-8-7-17(10-20(19)28(33)34)18-2-1-9-25-18/h1-10,21-26,29-32H,11-14H2/t21-,22+,23-,24-/m1/s1. The van der Waals surface area contributed by atoms with Crippen LogP contribution in [0.3, 0.4) is 0 Å². The van der Waals surface area contributed by atoms with Gasteiger partial charge in [0.2, 0.25) is 0 Å². The molecule has 10 heteroatoms. The summed E-state index contributed by atoms with van der Waals surface area (Å²) in [6, 6.07) is 15.6. The predicted molar refractivity (Wildman–Crippen MR) is 126 cm³/mol. The van der Waals surface area contributed by atoms with E-state index in [-0.39, 0.29) is 18.8 Å². The van der Waals surface area contributed by atoms with E-state index in [0.717, 1.165) is 22.4 Å². The molecule has 1 aliphatic rings. The Hall–Kier alpha value is -3.28. The van der Waals surface area contributed by atoms with E-state index < -0.39 is 29.3 Å². The number of hydrogen-bond donors (Lipinski definition) is 6. The van der Waals surface area contributed by atoms with Crippen molar-refractivity contribution in [2.75, 3.05) is 18.5 Å². The van der Waals surface area contributed by atoms with E-state index in [4.69, 9.17) is 0 Å². The van der Waals surface area contributed by atoms with Crippen LogP contribution in [0.2, 0.25) is 0 Å². The summed E-state index contributed by atoms with van der Waals surface area (Å²) >= 11 is 0. The van der Waals surface area contributed by atoms with Crippen LogP contribution in [-0.2, 0) is 13.1 Å². The van der Waals surface area contributed by atoms with Crippen molar-refractivity contribution in [3.05, 3.63) is 82.0 Å². The van der Waals surface area contributed by atoms with Crippen molar-refractivity contribution >= 4 is 11.4 Å². The van der Waals surface area contributed by atoms with E-state index in [0.29, 0.717) is 18.8 Å². The Morgan fingerprint density at radius 3 is 2.44 bits per heavy atom. The Kier molecular flexibility index (Phi) is 7.25. The third-order valence-corrected chi connectivity index (χ3v) is 6.21. The third kappa shape index (κ3) is 5.11. The fraction of sp³-hybridized carbons (Fsp3) is 0.333. The lowest BCUT2D eigenvalue weighted by atomic mass is 9.93. The number of benzene rings is 2. The molecule has 6 N–H and O–H groups in total. The first-order chi connectivity index (χ1) is 16.4. The molecule has 1 aromatic heterocycles. The van der Waals surface area contributed by atoms with Gasteiger partial charge in [-0.3, -0.25) is 15.0 Å². The first-order valence-corrected chi connectivity index (χ1v) is 11.0. The number of rotatable bonds is 8. The largest absolute Gasteiger partial charge is 0.395 e. The summed E-state index contributed by atoms with van der Waals surface area (Å²) in [7, 11) is 0. The fourth-order valence-corrected chi connectivity index (χ4v) is 4.26. The molecule has 2 heterocycles. The lowest BCUT2D eigenvalue weighted by Crippen LogP contribution is -2.62. The van der Waals surface area contributed by atoms with Gasteiger partial charge >= 0.3 is 0 Å². The highest BCUT2D eigenvalue weighted by molar-refractivity contribution is 5.71. The van der Waals surface area contributed by atoms with Crippen LogP contribution >= 0.6 is 0 Å². The molecular formula is C24H28N4O6. The zero-order valence-corrected chi connectivity index (χ0v) is 18.4. The zero-order chi connectivity index (χ0) is 24.2. The van der Waals surface area contributed by atoms with Crippen LogP contribution in [0.4, 0.5) is 11.4 Å². The number of nitro benzene ring substituents is 1. The second-order valence-electron chi connectivity index (χ2n) is 8.47. The normalized spacial score (nSPS) is 23.1. The molecule has 3 aromatic rings. The van der Waals surface area contributed by atoms with Crippen LogP contribution < -0.4 is 5.32 Å². The topological polar surface area (TPSA) is 155 Å². The minimum atomic E-state index is -1.29. The van der Waals surface area contributed by atoms with Gasteiger partial charge in [0.05, 0.1) is 23.7 Å². The minimum Gasteiger partial charge on any atom is -0.395 e. The number of nitrogens with zero attached hydrogens (tertiary/aromatic N) is 2. The molecular weight excluding hydrogens is 440 g/mol. The molecule has 0 spiro atoms. The second kappa shape index (κ2) is 10.3. The highest BCUT2D eigenvalue weighted by atomic mass is 16.6. The van der Waals surface area contributed by atoms with Crippen molar-refractivity contribution in [2.24, 2.45) is 0 Å². The number of anilines is 1. The Morgan fingerprint density at radius 2 is 1.79 bits per heavy atom. The predicted octanol–water partition coefficient (Wildman–Crippen LogP) is 1.46. The highest BCUT2D eigenvalue weighted by Gasteiger charge is 2.40. The van der Waals surface area contributed by atoms with Gasteiger partial charge in [-0.15, -0.1) is 0 Å². The summed E-state index contributed by atoms with van der Waals surface area (Å²) in [6.07, 6.45) is -1.86. The van der Waals surface area contributed by atoms with Crippen molar-refractivity contribution in [3.63, 3.8) is 0 Å². The van der Waals surface area contributed by atoms with Gasteiger partial charge in [0.15, 0.2) is 0 Å². The first kappa shape index (κ1) is 23.9. The van der Waals surface area contributed by atoms with Gasteiger partial charge in [-0.1, -0.05) is 30.3 Å². The summed E-state index contributed by atoms with van der Waals surface area (Å²) in [5, 5.41) is 54.3. The first-order valence-electron chi connectivity index (χ1n) is 11.0. The molecule has 1 saturated heterocycles. The van der Waals surface area contributed by atoms with Gasteiger partial charge < -0.3 is 30.7 Å². The Balaban J connectivity index is 1.41. The average molecular weight is 469 g/mol. The highest BCUT2D eigenvalue weighted by Crippen LogP contribution is 2.30. The molecule has 1 aliphatic heterocycles. The molecule has 0 unspecified atom stereocenters. The van der Waals surface area contributed by atoms with Gasteiger partial charge in [0.25, 0.3) is 5.69 Å². The molecule has 4 rings (SSSR count). The molecule has 2 aromatic carbocycles. The van der Waals surface area contributed by atoms with E-state index in [2.05, 4.69) is 10.3 Å². The summed E-state index contributed by atoms with van der Waals surface area (Å²) in [5.74, 6) is 0. The van der Waals surface area contributed by atoms with Crippen molar-refractivity contribution in [1.29, 1.82) is 0 Å². The number of aliphatic hydroxyl groups excluding tert-OH is 4. The van der Waals surface area contributed by atoms with Crippen LogP contribution in [0.1, 0.15) is 11.1 Å². The Morgan fingerprint density at radius 1 is 1.06 bits per heavy atom. The average Bonchev–Trinajstić information content (AvgIpc) is 3.37. The number of H-pyrrole nitrogens is 1. The number of aromatic amines is 1. The maximum Gasteiger partial charge on any atom is 0.292 e. The van der Waals surface area contributed by atoms with Crippen molar-refractivity contribution in [2.45, 2.75) is 37.4 Å². The molecule has 10 nitrogen and oxygen atoms in total. The van der Waals surface area contributed by atoms with Crippen LogP contribution in [0.15, 0.2) is 60.8 Å². The number of nitro groups is 1. The summed E-state index contributed by atoms with van der Waals surface area (Å²) in [4.78, 5) is 16.0. The summed E-state index contributed by atoms with van der Waals surface area (Å²) in [5.41, 5.74) is 3.76. The maximum absolute atomic E-state index is 11.6. The van der Waals surface area contributed by atoms with Crippen molar-refractivity contribution in [3.8, 4) is 11.3 Å². The molecule has 0 amide bonds. The number of piperidine rings is 1. The molecule has 0 radical (unpaired) electrons. The third-order valence-electron chi connectivity index (χ3n) is 6.21. The van der Waals surface area contributed by atoms with Crippen molar-refractivity contribution in [1.82, 2.24) is 9.88 Å². The molecule has 34 heavy (non-hydrogen) atoms. The molecule has 1 fully saturated rings. The molecule has 180 valence electrons. The smallest absolute Gasteiger partial charge is 0.292 e. The number of aromatic nitrogens is 1. The van der Waals surface area contributed by atoms with Gasteiger partial charge in [0, 0.05) is 43.2 Å². The molecule has 0 saturated carbocycles. The number of nitrogens with one attached hydrogen (secondary N) is 2. The number of likely N-dealkylation sites (tertiary alicyclic amines) is 1. The maximum atomic E-state index is 11.6. The monoisotopic (exact) mass is 468 g/mol. The number of β-amino-alcohol motifs (C(OH)–C–C–N with tert-alkyl or cyclic N) is 1. The van der Waals surface area contributed by atoms with Crippen LogP contribution in [-0.4, -0.2) is 72.7 Å². The Labute approximate surface area is 196 Å². The summed E-state index contributed by atoms with van der Waals surface area (Å²) < 4.78 is 0. The van der Waals surface area contributed by atoms with Gasteiger partial charge in [-0.05, 0) is 29.3 Å². The van der Waals surface area contributed by atoms with E-state index in [1.807, 2.05) is 42.5 Å². The van der Waals surface area contributed by atoms with E-state index in [1.165, 1.54) is 6.07 Å². The van der Waals surface area contributed by atoms with Crippen LogP contribution in [0.25, 0.3) is 11.3 Å². The lowest BCUT2D eigenvalue weighted by Gasteiger charge is -2.43. The zero-order valence-electron chi connectivity index (χ0n) is 18.4. The van der Waals surface area contributed by atoms with E-state index >= 15 is 0 Å². The van der Waals surface area contributed by atoms with Gasteiger partial charge in [-0.2, -0.15) is 0 Å². The van der Waals surface area contributed by atoms with Crippen molar-refractivity contribution < 1.29 is 25.3 Å². The number of hydrogen-bond acceptors (Lipinski definition) is 8. The second-order valence-corrected chi connectivity index (χ2v) is 8.47. The fourth-order valence-electron chi connectivity index (χ4n) is 4.26.